The van der Waals surface area contributed by atoms with Crippen LogP contribution in [-0.2, 0) is 19.0 Å². The van der Waals surface area contributed by atoms with Crippen molar-refractivity contribution < 1.29 is 15.8 Å². The van der Waals surface area contributed by atoms with Gasteiger partial charge in [0.2, 0.25) is 0 Å². The monoisotopic (exact) mass is 147 g/mol. The maximum absolute atomic E-state index is 8.36. The predicted octanol–water partition coefficient (Wildman–Crippen LogP) is -0.0471. The van der Waals surface area contributed by atoms with Crippen molar-refractivity contribution in [2.24, 2.45) is 0 Å². The normalized spacial score (nSPS) is 3.43. The highest BCUT2D eigenvalue weighted by atomic mass is 35.5. The predicted molar refractivity (Wildman–Crippen MR) is 24.1 cm³/mol. The van der Waals surface area contributed by atoms with Crippen molar-refractivity contribution in [3.63, 3.8) is 0 Å². The van der Waals surface area contributed by atoms with E-state index in [0.717, 1.165) is 0 Å². The first-order chi connectivity index (χ1) is 1.73. The van der Waals surface area contributed by atoms with E-state index in [1.807, 2.05) is 0 Å². The van der Waals surface area contributed by atoms with Crippen molar-refractivity contribution in [3.05, 3.63) is 10.1 Å². The van der Waals surface area contributed by atoms with Gasteiger partial charge in [0.25, 0.3) is 5.09 Å². The Morgan fingerprint density at radius 2 is 1.57 bits per heavy atom. The van der Waals surface area contributed by atoms with E-state index in [4.69, 9.17) is 15.3 Å². The molecule has 0 atom stereocenters. The highest BCUT2D eigenvalue weighted by molar-refractivity contribution is 7.37. The second-order valence-electron chi connectivity index (χ2n) is 0.238. The van der Waals surface area contributed by atoms with Gasteiger partial charge in [-0.3, -0.25) is 0 Å². The number of hydrogen-bond acceptors (Lipinski definition) is 2. The summed E-state index contributed by atoms with van der Waals surface area (Å²) in [4.78, 5) is 8.36. The highest BCUT2D eigenvalue weighted by Gasteiger charge is 1.65. The van der Waals surface area contributed by atoms with Gasteiger partial charge < -0.3 is 24.2 Å². The summed E-state index contributed by atoms with van der Waals surface area (Å²) >= 11 is 0. The highest BCUT2D eigenvalue weighted by Crippen LogP contribution is 1.38. The first-order valence-corrected chi connectivity index (χ1v) is 0.565. The molecule has 7 heteroatoms. The maximum Gasteiger partial charge on any atom is 0.291 e. The zero-order valence-electron chi connectivity index (χ0n) is 2.94. The molecule has 5 nitrogen and oxygen atoms in total. The van der Waals surface area contributed by atoms with E-state index in [1.165, 1.54) is 0 Å². The Morgan fingerprint density at radius 1 is 1.57 bits per heavy atom. The van der Waals surface area contributed by atoms with Gasteiger partial charge in [0.1, 0.15) is 0 Å². The molecule has 0 heterocycles. The molecular weight excluding hydrogens is 146 g/mol. The molecule has 0 amide bonds. The van der Waals surface area contributed by atoms with E-state index >= 15 is 0 Å². The molecule has 0 rings (SSSR count). The third-order valence-electron chi connectivity index (χ3n) is 0. The number of hydrogen-bond donors (Lipinski definition) is 1. The van der Waals surface area contributed by atoms with E-state index in [0.29, 0.717) is 0 Å². The molecule has 0 saturated heterocycles. The lowest BCUT2D eigenvalue weighted by atomic mass is 13.1. The van der Waals surface area contributed by atoms with Crippen molar-refractivity contribution in [1.29, 1.82) is 0 Å². The molecule has 0 bridgehead atoms. The SMILES string of the molecule is Cl.O=[N+]([O-])O.[O-2].[S-2]. The van der Waals surface area contributed by atoms with Crippen LogP contribution in [0.2, 0.25) is 0 Å². The minimum absolute atomic E-state index is 0. The summed E-state index contributed by atoms with van der Waals surface area (Å²) in [5.41, 5.74) is 0. The first kappa shape index (κ1) is 29.2. The van der Waals surface area contributed by atoms with Crippen molar-refractivity contribution in [1.82, 2.24) is 0 Å². The average Bonchev–Trinajstić information content (AvgIpc) is 0.811. The summed E-state index contributed by atoms with van der Waals surface area (Å²) in [6, 6.07) is 0. The van der Waals surface area contributed by atoms with Crippen LogP contribution in [0.1, 0.15) is 0 Å². The Balaban J connectivity index is -0.0000000150. The molecule has 7 heavy (non-hydrogen) atoms. The Morgan fingerprint density at radius 3 is 1.57 bits per heavy atom. The van der Waals surface area contributed by atoms with E-state index in [-0.39, 0.29) is 31.4 Å². The molecule has 0 saturated carbocycles. The van der Waals surface area contributed by atoms with Crippen LogP contribution in [-0.4, -0.2) is 10.3 Å². The van der Waals surface area contributed by atoms with Crippen LogP contribution >= 0.6 is 12.4 Å². The van der Waals surface area contributed by atoms with Gasteiger partial charge >= 0.3 is 0 Å². The Labute approximate surface area is 52.6 Å². The van der Waals surface area contributed by atoms with Gasteiger partial charge in [-0.05, 0) is 0 Å². The molecule has 0 aliphatic heterocycles. The summed E-state index contributed by atoms with van der Waals surface area (Å²) in [7, 11) is 0. The summed E-state index contributed by atoms with van der Waals surface area (Å²) in [6.07, 6.45) is 0. The molecular formula is H2ClNO4S-4. The van der Waals surface area contributed by atoms with Crippen molar-refractivity contribution in [2.45, 2.75) is 0 Å². The fraction of sp³-hybridized carbons (Fsp3) is 0. The Kier molecular flexibility index (Phi) is 71.0. The van der Waals surface area contributed by atoms with E-state index in [1.54, 1.807) is 0 Å². The molecule has 1 N–H and O–H groups in total. The van der Waals surface area contributed by atoms with E-state index < -0.39 is 5.09 Å². The summed E-state index contributed by atoms with van der Waals surface area (Å²) < 4.78 is 0. The topological polar surface area (TPSA) is 91.9 Å². The van der Waals surface area contributed by atoms with Gasteiger partial charge in [-0.1, -0.05) is 0 Å². The molecule has 0 aromatic rings. The smallest absolute Gasteiger partial charge is 0.291 e. The minimum atomic E-state index is -1.50. The average molecular weight is 148 g/mol. The minimum Gasteiger partial charge on any atom is -2.00 e. The van der Waals surface area contributed by atoms with Gasteiger partial charge in [0.15, 0.2) is 0 Å². The first-order valence-electron chi connectivity index (χ1n) is 0.565. The fourth-order valence-electron chi connectivity index (χ4n) is 0. The van der Waals surface area contributed by atoms with Crippen molar-refractivity contribution >= 4 is 25.9 Å². The lowest BCUT2D eigenvalue weighted by Crippen LogP contribution is -1.81. The molecule has 0 aromatic carbocycles. The zero-order chi connectivity index (χ0) is 3.58. The Hall–Kier alpha value is -0.200. The second kappa shape index (κ2) is 17.0. The largest absolute Gasteiger partial charge is 2.00 e. The lowest BCUT2D eigenvalue weighted by molar-refractivity contribution is -0.742. The summed E-state index contributed by atoms with van der Waals surface area (Å²) in [6.45, 7) is 0. The van der Waals surface area contributed by atoms with Gasteiger partial charge in [0, 0.05) is 0 Å². The zero-order valence-corrected chi connectivity index (χ0v) is 4.57. The lowest BCUT2D eigenvalue weighted by Gasteiger charge is -2.00. The third kappa shape index (κ3) is 2090. The van der Waals surface area contributed by atoms with Crippen LogP contribution in [0.4, 0.5) is 0 Å². The van der Waals surface area contributed by atoms with Crippen LogP contribution in [0.25, 0.3) is 0 Å². The van der Waals surface area contributed by atoms with E-state index in [9.17, 15) is 0 Å². The van der Waals surface area contributed by atoms with Crippen molar-refractivity contribution in [3.8, 4) is 0 Å². The molecule has 48 valence electrons. The number of halogens is 1. The summed E-state index contributed by atoms with van der Waals surface area (Å²) in [5, 5.41) is 13.6. The molecule has 0 spiro atoms. The quantitative estimate of drug-likeness (QED) is 0.385. The Bertz CT molecular complexity index is 34.7. The van der Waals surface area contributed by atoms with Gasteiger partial charge in [-0.2, -0.15) is 0 Å². The molecule has 0 aromatic heterocycles. The standard InChI is InChI=1S/ClH.HNO3.O.S/c;2-1(3)4;;/h1H;(H,2,3,4);;/q;;2*-2. The molecule has 0 radical (unpaired) electrons. The van der Waals surface area contributed by atoms with Crippen LogP contribution in [0.3, 0.4) is 0 Å². The molecule has 0 aliphatic rings. The van der Waals surface area contributed by atoms with Crippen LogP contribution in [0.15, 0.2) is 0 Å². The molecule has 0 unspecified atom stereocenters. The van der Waals surface area contributed by atoms with Gasteiger partial charge in [-0.25, -0.2) is 0 Å². The van der Waals surface area contributed by atoms with Crippen molar-refractivity contribution in [2.75, 3.05) is 0 Å². The van der Waals surface area contributed by atoms with Gasteiger partial charge in [0.05, 0.1) is 0 Å². The second-order valence-corrected chi connectivity index (χ2v) is 0.238. The maximum atomic E-state index is 8.36. The number of nitrogens with zero attached hydrogens (tertiary/aromatic N) is 1. The van der Waals surface area contributed by atoms with Crippen LogP contribution in [0.5, 0.6) is 0 Å². The van der Waals surface area contributed by atoms with Crippen LogP contribution in [0, 0.1) is 10.1 Å². The third-order valence-corrected chi connectivity index (χ3v) is 0. The fourth-order valence-corrected chi connectivity index (χ4v) is 0. The number of rotatable bonds is 0. The molecule has 0 fully saturated rings. The summed E-state index contributed by atoms with van der Waals surface area (Å²) in [5.74, 6) is 0. The van der Waals surface area contributed by atoms with E-state index in [2.05, 4.69) is 0 Å². The van der Waals surface area contributed by atoms with Crippen LogP contribution < -0.4 is 0 Å². The van der Waals surface area contributed by atoms with Gasteiger partial charge in [-0.15, -0.1) is 22.5 Å². The molecule has 0 aliphatic carbocycles.